The highest BCUT2D eigenvalue weighted by Gasteiger charge is 2.34. The third kappa shape index (κ3) is 4.87. The maximum atomic E-state index is 12.9. The number of carbonyl (C=O) groups excluding carboxylic acids is 2. The maximum Gasteiger partial charge on any atom is 0.336 e. The van der Waals surface area contributed by atoms with Crippen LogP contribution in [-0.4, -0.2) is 32.7 Å². The van der Waals surface area contributed by atoms with Gasteiger partial charge in [0.05, 0.1) is 26.4 Å². The normalized spacial score (nSPS) is 16.8. The Hall–Kier alpha value is -2.02. The molecule has 1 atom stereocenters. The van der Waals surface area contributed by atoms with E-state index in [0.717, 1.165) is 22.9 Å². The summed E-state index contributed by atoms with van der Waals surface area (Å²) in [5.74, 6) is 0.467. The molecule has 1 heterocycles. The highest BCUT2D eigenvalue weighted by Crippen LogP contribution is 2.42. The van der Waals surface area contributed by atoms with E-state index in [1.54, 1.807) is 33.3 Å². The summed E-state index contributed by atoms with van der Waals surface area (Å²) in [6.45, 7) is 6.26. The van der Waals surface area contributed by atoms with Crippen LogP contribution in [-0.2, 0) is 14.3 Å². The smallest absolute Gasteiger partial charge is 0.336 e. The number of halogens is 1. The van der Waals surface area contributed by atoms with E-state index in [-0.39, 0.29) is 12.3 Å². The van der Waals surface area contributed by atoms with E-state index in [1.165, 1.54) is 0 Å². The number of carbonyl (C=O) groups is 2. The minimum atomic E-state index is -0.433. The predicted octanol–water partition coefficient (Wildman–Crippen LogP) is 4.32. The zero-order chi connectivity index (χ0) is 20.8. The lowest BCUT2D eigenvalue weighted by atomic mass is 9.84. The maximum absolute atomic E-state index is 12.9. The van der Waals surface area contributed by atoms with Crippen LogP contribution in [0.15, 0.2) is 27.9 Å². The number of hydrogen-bond donors (Lipinski definition) is 1. The fourth-order valence-electron chi connectivity index (χ4n) is 3.37. The van der Waals surface area contributed by atoms with Gasteiger partial charge in [0.1, 0.15) is 0 Å². The Labute approximate surface area is 174 Å². The molecule has 7 heteroatoms. The summed E-state index contributed by atoms with van der Waals surface area (Å²) >= 11 is 3.55. The molecule has 1 N–H and O–H groups in total. The minimum absolute atomic E-state index is 0.138. The van der Waals surface area contributed by atoms with Gasteiger partial charge in [-0.1, -0.05) is 42.6 Å². The van der Waals surface area contributed by atoms with Crippen molar-refractivity contribution in [1.82, 2.24) is 5.32 Å². The van der Waals surface area contributed by atoms with Gasteiger partial charge in [-0.15, -0.1) is 0 Å². The monoisotopic (exact) mass is 453 g/mol. The lowest BCUT2D eigenvalue weighted by molar-refractivity contribution is -0.141. The molecule has 1 amide bonds. The molecule has 28 heavy (non-hydrogen) atoms. The third-order valence-corrected chi connectivity index (χ3v) is 5.86. The van der Waals surface area contributed by atoms with Gasteiger partial charge in [0.2, 0.25) is 5.91 Å². The first-order chi connectivity index (χ1) is 13.4. The molecule has 0 saturated heterocycles. The van der Waals surface area contributed by atoms with Crippen molar-refractivity contribution >= 4 is 27.8 Å². The van der Waals surface area contributed by atoms with Crippen molar-refractivity contribution in [3.8, 4) is 11.5 Å². The van der Waals surface area contributed by atoms with Crippen LogP contribution in [0.1, 0.15) is 51.5 Å². The number of esters is 1. The topological polar surface area (TPSA) is 73.9 Å². The number of hydrogen-bond acceptors (Lipinski definition) is 5. The number of allylic oxidation sites excluding steroid dienone is 1. The van der Waals surface area contributed by atoms with Crippen molar-refractivity contribution in [2.24, 2.45) is 5.92 Å². The highest BCUT2D eigenvalue weighted by molar-refractivity contribution is 9.10. The molecule has 0 unspecified atom stereocenters. The zero-order valence-electron chi connectivity index (χ0n) is 17.1. The van der Waals surface area contributed by atoms with E-state index in [1.807, 2.05) is 0 Å². The van der Waals surface area contributed by atoms with Gasteiger partial charge in [-0.25, -0.2) is 4.79 Å². The van der Waals surface area contributed by atoms with Crippen LogP contribution >= 0.6 is 15.9 Å². The number of benzene rings is 1. The molecular formula is C21H28BrNO5. The summed E-state index contributed by atoms with van der Waals surface area (Å²) < 4.78 is 17.1. The van der Waals surface area contributed by atoms with Crippen LogP contribution in [0.3, 0.4) is 0 Å². The summed E-state index contributed by atoms with van der Waals surface area (Å²) in [6, 6.07) is 3.58. The first-order valence-electron chi connectivity index (χ1n) is 9.45. The zero-order valence-corrected chi connectivity index (χ0v) is 18.6. The number of methoxy groups -OCH3 is 2. The second-order valence-corrected chi connectivity index (χ2v) is 7.71. The molecule has 0 saturated carbocycles. The van der Waals surface area contributed by atoms with Crippen molar-refractivity contribution < 1.29 is 23.8 Å². The molecule has 1 aromatic carbocycles. The molecular weight excluding hydrogens is 426 g/mol. The molecule has 154 valence electrons. The fourth-order valence-corrected chi connectivity index (χ4v) is 3.97. The molecule has 0 fully saturated rings. The Balaban J connectivity index is 2.42. The Morgan fingerprint density at radius 1 is 1.21 bits per heavy atom. The lowest BCUT2D eigenvalue weighted by Gasteiger charge is -2.28. The SMILES string of the molecule is CCC(CC)COC(=O)C1=C(C)NC(=O)C[C@@H]1c1cc(OC)c(OC)cc1Br. The van der Waals surface area contributed by atoms with Gasteiger partial charge in [-0.2, -0.15) is 0 Å². The summed E-state index contributed by atoms with van der Waals surface area (Å²) in [4.78, 5) is 25.1. The van der Waals surface area contributed by atoms with E-state index in [0.29, 0.717) is 35.3 Å². The fraction of sp³-hybridized carbons (Fsp3) is 0.524. The van der Waals surface area contributed by atoms with Crippen LogP contribution in [0.4, 0.5) is 0 Å². The van der Waals surface area contributed by atoms with Gasteiger partial charge in [-0.3, -0.25) is 4.79 Å². The summed E-state index contributed by atoms with van der Waals surface area (Å²) in [5.41, 5.74) is 1.78. The van der Waals surface area contributed by atoms with E-state index in [4.69, 9.17) is 14.2 Å². The van der Waals surface area contributed by atoms with Gasteiger partial charge >= 0.3 is 5.97 Å². The molecule has 0 aromatic heterocycles. The molecule has 1 aliphatic rings. The van der Waals surface area contributed by atoms with Gasteiger partial charge in [0.25, 0.3) is 0 Å². The van der Waals surface area contributed by atoms with Crippen LogP contribution in [0.25, 0.3) is 0 Å². The quantitative estimate of drug-likeness (QED) is 0.593. The second-order valence-electron chi connectivity index (χ2n) is 6.85. The van der Waals surface area contributed by atoms with Crippen molar-refractivity contribution in [2.45, 2.75) is 46.0 Å². The van der Waals surface area contributed by atoms with E-state index >= 15 is 0 Å². The van der Waals surface area contributed by atoms with Crippen molar-refractivity contribution in [1.29, 1.82) is 0 Å². The van der Waals surface area contributed by atoms with E-state index in [9.17, 15) is 9.59 Å². The van der Waals surface area contributed by atoms with Gasteiger partial charge in [0.15, 0.2) is 11.5 Å². The third-order valence-electron chi connectivity index (χ3n) is 5.17. The Morgan fingerprint density at radius 2 is 1.82 bits per heavy atom. The Kier molecular flexibility index (Phi) is 7.92. The summed E-state index contributed by atoms with van der Waals surface area (Å²) in [5, 5.41) is 2.76. The van der Waals surface area contributed by atoms with Gasteiger partial charge < -0.3 is 19.5 Å². The highest BCUT2D eigenvalue weighted by atomic mass is 79.9. The molecule has 2 rings (SSSR count). The Bertz CT molecular complexity index is 770. The number of nitrogens with one attached hydrogen (secondary N) is 1. The molecule has 0 radical (unpaired) electrons. The molecule has 1 aromatic rings. The summed E-state index contributed by atoms with van der Waals surface area (Å²) in [6.07, 6.45) is 2.05. The van der Waals surface area contributed by atoms with E-state index in [2.05, 4.69) is 35.1 Å². The lowest BCUT2D eigenvalue weighted by Crippen LogP contribution is -2.34. The number of amides is 1. The average Bonchev–Trinajstić information content (AvgIpc) is 2.67. The molecule has 6 nitrogen and oxygen atoms in total. The van der Waals surface area contributed by atoms with Crippen LogP contribution in [0.2, 0.25) is 0 Å². The van der Waals surface area contributed by atoms with Crippen LogP contribution < -0.4 is 14.8 Å². The first kappa shape index (κ1) is 22.3. The van der Waals surface area contributed by atoms with Crippen molar-refractivity contribution in [2.75, 3.05) is 20.8 Å². The average molecular weight is 454 g/mol. The first-order valence-corrected chi connectivity index (χ1v) is 10.2. The van der Waals surface area contributed by atoms with Crippen molar-refractivity contribution in [3.63, 3.8) is 0 Å². The second kappa shape index (κ2) is 9.96. The largest absolute Gasteiger partial charge is 0.493 e. The van der Waals surface area contributed by atoms with Crippen LogP contribution in [0.5, 0.6) is 11.5 Å². The predicted molar refractivity (Wildman–Crippen MR) is 110 cm³/mol. The Morgan fingerprint density at radius 3 is 2.39 bits per heavy atom. The van der Waals surface area contributed by atoms with Crippen LogP contribution in [0, 0.1) is 5.92 Å². The molecule has 1 aliphatic heterocycles. The summed E-state index contributed by atoms with van der Waals surface area (Å²) in [7, 11) is 3.11. The van der Waals surface area contributed by atoms with Crippen molar-refractivity contribution in [3.05, 3.63) is 33.4 Å². The molecule has 0 spiro atoms. The number of ether oxygens (including phenoxy) is 3. The molecule has 0 aliphatic carbocycles. The number of rotatable bonds is 8. The minimum Gasteiger partial charge on any atom is -0.493 e. The van der Waals surface area contributed by atoms with Gasteiger partial charge in [0, 0.05) is 22.5 Å². The standard InChI is InChI=1S/C21H28BrNO5/c1-6-13(7-2)11-28-21(25)20-12(3)23-19(24)9-15(20)14-8-17(26-4)18(27-5)10-16(14)22/h8,10,13,15H,6-7,9,11H2,1-5H3,(H,23,24)/t15-/m1/s1. The molecule has 0 bridgehead atoms. The van der Waals surface area contributed by atoms with E-state index < -0.39 is 11.9 Å². The van der Waals surface area contributed by atoms with Gasteiger partial charge in [-0.05, 0) is 30.5 Å².